The molecule has 106 valence electrons. The monoisotopic (exact) mass is 339 g/mol. The SMILES string of the molecule is COc1cccc(COc2ccc(C)nc2CBr)c1F. The summed E-state index contributed by atoms with van der Waals surface area (Å²) in [5.41, 5.74) is 2.16. The minimum absolute atomic E-state index is 0.133. The number of rotatable bonds is 5. The molecular formula is C15H15BrFNO2. The van der Waals surface area contributed by atoms with Crippen molar-refractivity contribution in [2.24, 2.45) is 0 Å². The molecule has 0 bridgehead atoms. The van der Waals surface area contributed by atoms with Crippen molar-refractivity contribution < 1.29 is 13.9 Å². The number of aryl methyl sites for hydroxylation is 1. The zero-order valence-electron chi connectivity index (χ0n) is 11.3. The fourth-order valence-corrected chi connectivity index (χ4v) is 2.21. The number of ether oxygens (including phenoxy) is 2. The summed E-state index contributed by atoms with van der Waals surface area (Å²) in [5, 5.41) is 0.588. The third kappa shape index (κ3) is 3.28. The van der Waals surface area contributed by atoms with Crippen molar-refractivity contribution in [3.63, 3.8) is 0 Å². The first-order valence-electron chi connectivity index (χ1n) is 6.12. The summed E-state index contributed by atoms with van der Waals surface area (Å²) in [7, 11) is 1.44. The number of hydrogen-bond acceptors (Lipinski definition) is 3. The maximum absolute atomic E-state index is 14.0. The van der Waals surface area contributed by atoms with E-state index in [4.69, 9.17) is 9.47 Å². The molecule has 0 radical (unpaired) electrons. The van der Waals surface area contributed by atoms with Gasteiger partial charge in [-0.25, -0.2) is 4.39 Å². The molecule has 1 aromatic carbocycles. The second-order valence-electron chi connectivity index (χ2n) is 4.25. The van der Waals surface area contributed by atoms with E-state index in [0.29, 0.717) is 16.6 Å². The topological polar surface area (TPSA) is 31.4 Å². The molecule has 0 aliphatic rings. The van der Waals surface area contributed by atoms with Crippen molar-refractivity contribution in [3.05, 3.63) is 53.1 Å². The molecule has 0 aliphatic carbocycles. The smallest absolute Gasteiger partial charge is 0.171 e. The highest BCUT2D eigenvalue weighted by atomic mass is 79.9. The maximum atomic E-state index is 14.0. The van der Waals surface area contributed by atoms with Crippen LogP contribution in [-0.2, 0) is 11.9 Å². The molecular weight excluding hydrogens is 325 g/mol. The molecule has 1 heterocycles. The van der Waals surface area contributed by atoms with Gasteiger partial charge in [-0.3, -0.25) is 4.98 Å². The molecule has 0 N–H and O–H groups in total. The molecule has 20 heavy (non-hydrogen) atoms. The van der Waals surface area contributed by atoms with Gasteiger partial charge in [0.1, 0.15) is 12.4 Å². The second kappa shape index (κ2) is 6.70. The molecule has 5 heteroatoms. The molecule has 2 aromatic rings. The second-order valence-corrected chi connectivity index (χ2v) is 4.81. The first-order chi connectivity index (χ1) is 9.65. The first kappa shape index (κ1) is 14.8. The molecule has 0 aliphatic heterocycles. The van der Waals surface area contributed by atoms with E-state index >= 15 is 0 Å². The minimum Gasteiger partial charge on any atom is -0.494 e. The lowest BCUT2D eigenvalue weighted by molar-refractivity contribution is 0.292. The predicted molar refractivity (Wildman–Crippen MR) is 78.9 cm³/mol. The van der Waals surface area contributed by atoms with Gasteiger partial charge in [-0.2, -0.15) is 0 Å². The van der Waals surface area contributed by atoms with E-state index < -0.39 is 5.82 Å². The Balaban J connectivity index is 2.17. The lowest BCUT2D eigenvalue weighted by Crippen LogP contribution is -2.03. The summed E-state index contributed by atoms with van der Waals surface area (Å²) in [5.74, 6) is 0.471. The Bertz CT molecular complexity index is 604. The predicted octanol–water partition coefficient (Wildman–Crippen LogP) is 4.01. The number of hydrogen-bond donors (Lipinski definition) is 0. The summed E-state index contributed by atoms with van der Waals surface area (Å²) >= 11 is 3.37. The molecule has 3 nitrogen and oxygen atoms in total. The van der Waals surface area contributed by atoms with Gasteiger partial charge in [-0.05, 0) is 25.1 Å². The van der Waals surface area contributed by atoms with Crippen molar-refractivity contribution in [2.75, 3.05) is 7.11 Å². The van der Waals surface area contributed by atoms with E-state index in [-0.39, 0.29) is 12.4 Å². The van der Waals surface area contributed by atoms with Gasteiger partial charge in [0.15, 0.2) is 11.6 Å². The van der Waals surface area contributed by atoms with E-state index in [0.717, 1.165) is 11.4 Å². The van der Waals surface area contributed by atoms with Crippen LogP contribution in [0.25, 0.3) is 0 Å². The Morgan fingerprint density at radius 2 is 2.00 bits per heavy atom. The van der Waals surface area contributed by atoms with Crippen molar-refractivity contribution in [3.8, 4) is 11.5 Å². The average molecular weight is 340 g/mol. The van der Waals surface area contributed by atoms with Crippen LogP contribution in [0.2, 0.25) is 0 Å². The number of halogens is 2. The van der Waals surface area contributed by atoms with Crippen LogP contribution in [-0.4, -0.2) is 12.1 Å². The molecule has 0 amide bonds. The van der Waals surface area contributed by atoms with E-state index in [1.807, 2.05) is 19.1 Å². The molecule has 2 rings (SSSR count). The van der Waals surface area contributed by atoms with Crippen LogP contribution in [0, 0.1) is 12.7 Å². The molecule has 0 spiro atoms. The van der Waals surface area contributed by atoms with E-state index in [2.05, 4.69) is 20.9 Å². The van der Waals surface area contributed by atoms with Gasteiger partial charge in [-0.15, -0.1) is 0 Å². The number of alkyl halides is 1. The van der Waals surface area contributed by atoms with E-state index in [1.54, 1.807) is 18.2 Å². The quantitative estimate of drug-likeness (QED) is 0.771. The molecule has 0 atom stereocenters. The van der Waals surface area contributed by atoms with Crippen molar-refractivity contribution in [1.29, 1.82) is 0 Å². The summed E-state index contributed by atoms with van der Waals surface area (Å²) in [6.07, 6.45) is 0. The van der Waals surface area contributed by atoms with Crippen LogP contribution in [0.1, 0.15) is 17.0 Å². The Labute approximate surface area is 125 Å². The van der Waals surface area contributed by atoms with Gasteiger partial charge in [-0.1, -0.05) is 28.1 Å². The Kier molecular flexibility index (Phi) is 4.95. The van der Waals surface area contributed by atoms with Crippen LogP contribution in [0.5, 0.6) is 11.5 Å². The zero-order chi connectivity index (χ0) is 14.5. The maximum Gasteiger partial charge on any atom is 0.171 e. The largest absolute Gasteiger partial charge is 0.494 e. The van der Waals surface area contributed by atoms with Gasteiger partial charge < -0.3 is 9.47 Å². The van der Waals surface area contributed by atoms with Crippen LogP contribution in [0.3, 0.4) is 0 Å². The van der Waals surface area contributed by atoms with Crippen LogP contribution in [0.4, 0.5) is 4.39 Å². The first-order valence-corrected chi connectivity index (χ1v) is 7.24. The van der Waals surface area contributed by atoms with E-state index in [1.165, 1.54) is 7.11 Å². The van der Waals surface area contributed by atoms with E-state index in [9.17, 15) is 4.39 Å². The number of nitrogens with zero attached hydrogens (tertiary/aromatic N) is 1. The Morgan fingerprint density at radius 1 is 1.20 bits per heavy atom. The van der Waals surface area contributed by atoms with Crippen molar-refractivity contribution in [1.82, 2.24) is 4.98 Å². The number of pyridine rings is 1. The number of benzene rings is 1. The molecule has 0 saturated carbocycles. The standard InChI is InChI=1S/C15H15BrFNO2/c1-10-6-7-13(12(8-16)18-10)20-9-11-4-3-5-14(19-2)15(11)17/h3-7H,8-9H2,1-2H3. The van der Waals surface area contributed by atoms with Crippen LogP contribution >= 0.6 is 15.9 Å². The summed E-state index contributed by atoms with van der Waals surface area (Å²) in [6, 6.07) is 8.70. The highest BCUT2D eigenvalue weighted by Gasteiger charge is 2.10. The Hall–Kier alpha value is -1.62. The minimum atomic E-state index is -0.393. The fraction of sp³-hybridized carbons (Fsp3) is 0.267. The number of aromatic nitrogens is 1. The number of methoxy groups -OCH3 is 1. The highest BCUT2D eigenvalue weighted by molar-refractivity contribution is 9.08. The summed E-state index contributed by atoms with van der Waals surface area (Å²) < 4.78 is 24.6. The molecule has 0 saturated heterocycles. The van der Waals surface area contributed by atoms with Gasteiger partial charge >= 0.3 is 0 Å². The molecule has 1 aromatic heterocycles. The lowest BCUT2D eigenvalue weighted by Gasteiger charge is -2.11. The lowest BCUT2D eigenvalue weighted by atomic mass is 10.2. The van der Waals surface area contributed by atoms with Gasteiger partial charge in [0.2, 0.25) is 0 Å². The van der Waals surface area contributed by atoms with Crippen molar-refractivity contribution in [2.45, 2.75) is 18.9 Å². The molecule has 0 unspecified atom stereocenters. The average Bonchev–Trinajstić information content (AvgIpc) is 2.47. The van der Waals surface area contributed by atoms with Gasteiger partial charge in [0.25, 0.3) is 0 Å². The van der Waals surface area contributed by atoms with Crippen molar-refractivity contribution >= 4 is 15.9 Å². The zero-order valence-corrected chi connectivity index (χ0v) is 12.9. The summed E-state index contributed by atoms with van der Waals surface area (Å²) in [4.78, 5) is 4.37. The molecule has 0 fully saturated rings. The third-order valence-electron chi connectivity index (χ3n) is 2.84. The fourth-order valence-electron chi connectivity index (χ4n) is 1.81. The van der Waals surface area contributed by atoms with Gasteiger partial charge in [0, 0.05) is 16.6 Å². The van der Waals surface area contributed by atoms with Gasteiger partial charge in [0.05, 0.1) is 12.8 Å². The Morgan fingerprint density at radius 3 is 2.70 bits per heavy atom. The highest BCUT2D eigenvalue weighted by Crippen LogP contribution is 2.24. The normalized spacial score (nSPS) is 10.4. The summed E-state index contributed by atoms with van der Waals surface area (Å²) in [6.45, 7) is 2.05. The van der Waals surface area contributed by atoms with Crippen LogP contribution < -0.4 is 9.47 Å². The third-order valence-corrected chi connectivity index (χ3v) is 3.38. The van der Waals surface area contributed by atoms with Crippen LogP contribution in [0.15, 0.2) is 30.3 Å².